The van der Waals surface area contributed by atoms with Crippen LogP contribution in [-0.2, 0) is 17.9 Å². The van der Waals surface area contributed by atoms with Gasteiger partial charge in [-0.3, -0.25) is 4.52 Å². The molecule has 0 fully saturated rings. The molecule has 0 aromatic carbocycles. The smallest absolute Gasteiger partial charge is 0.394 e. The zero-order valence-corrected chi connectivity index (χ0v) is 14.4. The highest BCUT2D eigenvalue weighted by molar-refractivity contribution is 7.46. The van der Waals surface area contributed by atoms with Gasteiger partial charge in [0.25, 0.3) is 0 Å². The molecule has 0 amide bonds. The molecule has 0 aromatic rings. The van der Waals surface area contributed by atoms with Gasteiger partial charge < -0.3 is 18.6 Å². The molecule has 116 valence electrons. The fraction of sp³-hybridized carbons (Fsp3) is 1.00. The third-order valence-electron chi connectivity index (χ3n) is 3.67. The molecular formula is C11H27O6PSi. The fourth-order valence-corrected chi connectivity index (χ4v) is 6.29. The van der Waals surface area contributed by atoms with Gasteiger partial charge in [-0.25, -0.2) is 4.57 Å². The highest BCUT2D eigenvalue weighted by atomic mass is 31.2. The summed E-state index contributed by atoms with van der Waals surface area (Å²) in [6.45, 7) is 10.6. The van der Waals surface area contributed by atoms with E-state index in [9.17, 15) is 4.57 Å². The van der Waals surface area contributed by atoms with Crippen molar-refractivity contribution in [3.8, 4) is 0 Å². The Kier molecular flexibility index (Phi) is 7.98. The summed E-state index contributed by atoms with van der Waals surface area (Å²) in [5, 5.41) is -0.472. The second-order valence-corrected chi connectivity index (χ2v) is 9.33. The van der Waals surface area contributed by atoms with Crippen LogP contribution in [0.5, 0.6) is 0 Å². The Morgan fingerprint density at radius 3 is 1.74 bits per heavy atom. The highest BCUT2D eigenvalue weighted by Crippen LogP contribution is 2.50. The first-order valence-electron chi connectivity index (χ1n) is 6.68. The Morgan fingerprint density at radius 2 is 1.47 bits per heavy atom. The third-order valence-corrected chi connectivity index (χ3v) is 8.59. The molecule has 6 nitrogen and oxygen atoms in total. The van der Waals surface area contributed by atoms with E-state index in [-0.39, 0.29) is 6.61 Å². The van der Waals surface area contributed by atoms with E-state index in [1.165, 1.54) is 0 Å². The lowest BCUT2D eigenvalue weighted by molar-refractivity contribution is 0.111. The van der Waals surface area contributed by atoms with Gasteiger partial charge in [0, 0.05) is 18.3 Å². The normalized spacial score (nSPS) is 13.8. The van der Waals surface area contributed by atoms with Crippen LogP contribution in [0.25, 0.3) is 0 Å². The maximum atomic E-state index is 11.0. The molecule has 0 saturated heterocycles. The van der Waals surface area contributed by atoms with E-state index in [0.717, 1.165) is 0 Å². The lowest BCUT2D eigenvalue weighted by Gasteiger charge is -2.44. The summed E-state index contributed by atoms with van der Waals surface area (Å²) in [4.78, 5) is 17.8. The van der Waals surface area contributed by atoms with E-state index < -0.39 is 21.4 Å². The first kappa shape index (κ1) is 19.2. The van der Waals surface area contributed by atoms with Crippen LogP contribution in [0.3, 0.4) is 0 Å². The highest BCUT2D eigenvalue weighted by Gasteiger charge is 2.53. The Morgan fingerprint density at radius 1 is 1.05 bits per heavy atom. The molecule has 0 radical (unpaired) electrons. The molecule has 0 aliphatic carbocycles. The van der Waals surface area contributed by atoms with Crippen molar-refractivity contribution in [2.75, 3.05) is 19.8 Å². The van der Waals surface area contributed by atoms with Crippen molar-refractivity contribution in [2.45, 2.75) is 52.1 Å². The van der Waals surface area contributed by atoms with Crippen LogP contribution in [0, 0.1) is 0 Å². The Balaban J connectivity index is 5.25. The first-order valence-corrected chi connectivity index (χ1v) is 10.5. The van der Waals surface area contributed by atoms with E-state index in [1.807, 2.05) is 34.2 Å². The summed E-state index contributed by atoms with van der Waals surface area (Å²) in [5.74, 6) is 0. The van der Waals surface area contributed by atoms with Crippen LogP contribution in [0.4, 0.5) is 0 Å². The van der Waals surface area contributed by atoms with Crippen molar-refractivity contribution in [2.24, 2.45) is 0 Å². The van der Waals surface area contributed by atoms with E-state index >= 15 is 0 Å². The van der Waals surface area contributed by atoms with Crippen molar-refractivity contribution >= 4 is 16.4 Å². The van der Waals surface area contributed by atoms with Crippen molar-refractivity contribution in [3.63, 3.8) is 0 Å². The molecule has 0 aromatic heterocycles. The molecule has 0 rings (SSSR count). The lowest BCUT2D eigenvalue weighted by atomic mass is 10.0. The Labute approximate surface area is 116 Å². The second-order valence-electron chi connectivity index (χ2n) is 4.56. The zero-order valence-electron chi connectivity index (χ0n) is 12.5. The number of phosphoric ester groups is 1. The van der Waals surface area contributed by atoms with Gasteiger partial charge in [0.15, 0.2) is 0 Å². The van der Waals surface area contributed by atoms with Crippen LogP contribution >= 0.6 is 7.82 Å². The van der Waals surface area contributed by atoms with Gasteiger partial charge in [-0.2, -0.15) is 0 Å². The summed E-state index contributed by atoms with van der Waals surface area (Å²) < 4.78 is 27.4. The number of hydrogen-bond acceptors (Lipinski definition) is 4. The predicted octanol–water partition coefficient (Wildman–Crippen LogP) is 2.80. The molecule has 19 heavy (non-hydrogen) atoms. The van der Waals surface area contributed by atoms with E-state index in [2.05, 4.69) is 0 Å². The summed E-state index contributed by atoms with van der Waals surface area (Å²) in [7, 11) is -7.08. The van der Waals surface area contributed by atoms with Crippen LogP contribution in [0.2, 0.25) is 11.6 Å². The van der Waals surface area contributed by atoms with Crippen molar-refractivity contribution < 1.29 is 27.7 Å². The Bertz CT molecular complexity index is 296. The van der Waals surface area contributed by atoms with E-state index in [4.69, 9.17) is 23.2 Å². The molecular weight excluding hydrogens is 287 g/mol. The van der Waals surface area contributed by atoms with Crippen molar-refractivity contribution in [3.05, 3.63) is 0 Å². The molecule has 0 saturated carbocycles. The molecule has 0 atom stereocenters. The zero-order chi connectivity index (χ0) is 15.2. The van der Waals surface area contributed by atoms with Gasteiger partial charge >= 0.3 is 16.4 Å². The van der Waals surface area contributed by atoms with Gasteiger partial charge in [0.05, 0.1) is 6.61 Å². The fourth-order valence-electron chi connectivity index (χ4n) is 2.33. The monoisotopic (exact) mass is 314 g/mol. The van der Waals surface area contributed by atoms with Gasteiger partial charge in [0.2, 0.25) is 0 Å². The van der Waals surface area contributed by atoms with Gasteiger partial charge in [-0.1, -0.05) is 13.8 Å². The lowest BCUT2D eigenvalue weighted by Crippen LogP contribution is -2.53. The molecule has 0 heterocycles. The maximum absolute atomic E-state index is 11.0. The van der Waals surface area contributed by atoms with Crippen LogP contribution < -0.4 is 0 Å². The van der Waals surface area contributed by atoms with Crippen LogP contribution in [0.15, 0.2) is 0 Å². The summed E-state index contributed by atoms with van der Waals surface area (Å²) in [6, 6.07) is 0. The van der Waals surface area contributed by atoms with Crippen molar-refractivity contribution in [1.29, 1.82) is 0 Å². The number of phosphoric acid groups is 1. The minimum Gasteiger partial charge on any atom is -0.394 e. The van der Waals surface area contributed by atoms with Gasteiger partial charge in [-0.15, -0.1) is 0 Å². The van der Waals surface area contributed by atoms with E-state index in [1.54, 1.807) is 0 Å². The SMILES string of the molecule is CCO[Si](C)(OCC)C(CC)(CC)COP(=O)(O)O. The molecule has 0 bridgehead atoms. The maximum Gasteiger partial charge on any atom is 0.469 e. The van der Waals surface area contributed by atoms with Gasteiger partial charge in [0.1, 0.15) is 0 Å². The molecule has 0 spiro atoms. The van der Waals surface area contributed by atoms with E-state index in [0.29, 0.717) is 26.1 Å². The van der Waals surface area contributed by atoms with Crippen LogP contribution in [-0.4, -0.2) is 38.2 Å². The summed E-state index contributed by atoms with van der Waals surface area (Å²) in [5.41, 5.74) is 0. The minimum absolute atomic E-state index is 0.0486. The quantitative estimate of drug-likeness (QED) is 0.476. The largest absolute Gasteiger partial charge is 0.469 e. The van der Waals surface area contributed by atoms with Crippen LogP contribution in [0.1, 0.15) is 40.5 Å². The molecule has 0 aliphatic rings. The predicted molar refractivity (Wildman–Crippen MR) is 76.1 cm³/mol. The average molecular weight is 314 g/mol. The summed E-state index contributed by atoms with van der Waals surface area (Å²) in [6.07, 6.45) is 1.37. The standard InChI is InChI=1S/C11H27O6PSi/c1-6-11(7-2,10-15-18(12,13)14)19(5,16-8-3)17-9-4/h6-10H2,1-5H3,(H2,12,13,14). The topological polar surface area (TPSA) is 85.2 Å². The van der Waals surface area contributed by atoms with Gasteiger partial charge in [-0.05, 0) is 33.2 Å². The number of rotatable bonds is 10. The average Bonchev–Trinajstić information content (AvgIpc) is 2.30. The minimum atomic E-state index is -4.48. The third kappa shape index (κ3) is 5.26. The number of hydrogen-bond donors (Lipinski definition) is 2. The summed E-state index contributed by atoms with van der Waals surface area (Å²) >= 11 is 0. The van der Waals surface area contributed by atoms with Crippen molar-refractivity contribution in [1.82, 2.24) is 0 Å². The molecule has 0 unspecified atom stereocenters. The first-order chi connectivity index (χ1) is 8.70. The molecule has 2 N–H and O–H groups in total. The molecule has 0 aliphatic heterocycles. The second kappa shape index (κ2) is 7.88. The Hall–Kier alpha value is 0.247. The molecule has 8 heteroatoms.